The van der Waals surface area contributed by atoms with E-state index in [0.717, 1.165) is 10.9 Å². The van der Waals surface area contributed by atoms with Crippen molar-refractivity contribution in [2.75, 3.05) is 0 Å². The predicted octanol–water partition coefficient (Wildman–Crippen LogP) is 1.69. The maximum atomic E-state index is 10.5. The summed E-state index contributed by atoms with van der Waals surface area (Å²) < 4.78 is 4.65. The van der Waals surface area contributed by atoms with E-state index in [2.05, 4.69) is 9.72 Å². The van der Waals surface area contributed by atoms with E-state index in [4.69, 9.17) is 5.73 Å². The molecular formula is C10H8N2O2. The van der Waals surface area contributed by atoms with Crippen molar-refractivity contribution >= 4 is 17.0 Å². The predicted molar refractivity (Wildman–Crippen MR) is 52.0 cm³/mol. The Balaban J connectivity index is 2.46. The van der Waals surface area contributed by atoms with Gasteiger partial charge in [-0.1, -0.05) is 18.2 Å². The zero-order chi connectivity index (χ0) is 9.97. The van der Waals surface area contributed by atoms with E-state index in [9.17, 15) is 4.79 Å². The quantitative estimate of drug-likeness (QED) is 0.740. The summed E-state index contributed by atoms with van der Waals surface area (Å²) in [7, 11) is 0. The van der Waals surface area contributed by atoms with Crippen molar-refractivity contribution in [2.24, 2.45) is 5.73 Å². The van der Waals surface area contributed by atoms with Gasteiger partial charge in [0.05, 0.1) is 5.52 Å². The van der Waals surface area contributed by atoms with Gasteiger partial charge in [-0.25, -0.2) is 9.78 Å². The molecule has 1 amide bonds. The second-order valence-corrected chi connectivity index (χ2v) is 2.76. The zero-order valence-corrected chi connectivity index (χ0v) is 7.31. The van der Waals surface area contributed by atoms with Crippen molar-refractivity contribution in [2.45, 2.75) is 0 Å². The third-order valence-electron chi connectivity index (χ3n) is 1.78. The smallest absolute Gasteiger partial charge is 0.391 e. The normalized spacial score (nSPS) is 10.0. The first-order valence-electron chi connectivity index (χ1n) is 4.09. The van der Waals surface area contributed by atoms with Crippen LogP contribution in [0.15, 0.2) is 36.4 Å². The largest absolute Gasteiger partial charge is 0.411 e. The van der Waals surface area contributed by atoms with Gasteiger partial charge >= 0.3 is 6.09 Å². The molecule has 2 N–H and O–H groups in total. The molecule has 2 rings (SSSR count). The molecule has 1 heterocycles. The number of rotatable bonds is 1. The molecule has 1 aromatic heterocycles. The van der Waals surface area contributed by atoms with Crippen molar-refractivity contribution in [1.82, 2.24) is 4.98 Å². The minimum atomic E-state index is -0.854. The van der Waals surface area contributed by atoms with Gasteiger partial charge in [0.2, 0.25) is 5.88 Å². The lowest BCUT2D eigenvalue weighted by Gasteiger charge is -2.00. The fraction of sp³-hybridized carbons (Fsp3) is 0. The Kier molecular flexibility index (Phi) is 2.02. The highest BCUT2D eigenvalue weighted by Gasteiger charge is 2.00. The summed E-state index contributed by atoms with van der Waals surface area (Å²) in [6, 6.07) is 11.0. The highest BCUT2D eigenvalue weighted by molar-refractivity contribution is 5.79. The number of pyridine rings is 1. The highest BCUT2D eigenvalue weighted by atomic mass is 16.6. The Hall–Kier alpha value is -2.10. The Morgan fingerprint density at radius 2 is 2.00 bits per heavy atom. The van der Waals surface area contributed by atoms with Crippen molar-refractivity contribution in [3.63, 3.8) is 0 Å². The number of nitrogens with two attached hydrogens (primary N) is 1. The number of carbonyl (C=O) groups excluding carboxylic acids is 1. The lowest BCUT2D eigenvalue weighted by molar-refractivity contribution is 0.209. The summed E-state index contributed by atoms with van der Waals surface area (Å²) in [6.45, 7) is 0. The van der Waals surface area contributed by atoms with E-state index in [1.807, 2.05) is 30.3 Å². The maximum absolute atomic E-state index is 10.5. The molecule has 0 aliphatic carbocycles. The Bertz CT molecular complexity index is 482. The average molecular weight is 188 g/mol. The van der Waals surface area contributed by atoms with E-state index < -0.39 is 6.09 Å². The number of benzene rings is 1. The van der Waals surface area contributed by atoms with Crippen LogP contribution in [0.25, 0.3) is 10.9 Å². The van der Waals surface area contributed by atoms with Gasteiger partial charge < -0.3 is 10.5 Å². The fourth-order valence-corrected chi connectivity index (χ4v) is 1.21. The van der Waals surface area contributed by atoms with Gasteiger partial charge in [0.25, 0.3) is 0 Å². The molecule has 0 aliphatic heterocycles. The Labute approximate surface area is 80.3 Å². The molecule has 4 heteroatoms. The molecular weight excluding hydrogens is 180 g/mol. The van der Waals surface area contributed by atoms with Crippen LogP contribution in [0.2, 0.25) is 0 Å². The number of aromatic nitrogens is 1. The molecule has 0 saturated heterocycles. The Morgan fingerprint density at radius 1 is 1.21 bits per heavy atom. The van der Waals surface area contributed by atoms with Crippen LogP contribution in [0.1, 0.15) is 0 Å². The molecule has 0 spiro atoms. The molecule has 2 aromatic rings. The van der Waals surface area contributed by atoms with Gasteiger partial charge in [-0.15, -0.1) is 0 Å². The molecule has 0 aliphatic rings. The number of carbonyl (C=O) groups is 1. The summed E-state index contributed by atoms with van der Waals surface area (Å²) in [4.78, 5) is 14.6. The SMILES string of the molecule is NC(=O)Oc1ccc2ccccc2n1. The van der Waals surface area contributed by atoms with Gasteiger partial charge in [0, 0.05) is 11.5 Å². The molecule has 0 atom stereocenters. The summed E-state index contributed by atoms with van der Waals surface area (Å²) in [5.41, 5.74) is 5.64. The highest BCUT2D eigenvalue weighted by Crippen LogP contribution is 2.15. The molecule has 14 heavy (non-hydrogen) atoms. The molecule has 0 fully saturated rings. The van der Waals surface area contributed by atoms with Crippen LogP contribution >= 0.6 is 0 Å². The number of nitrogens with zero attached hydrogens (tertiary/aromatic N) is 1. The first kappa shape index (κ1) is 8.50. The summed E-state index contributed by atoms with van der Waals surface area (Å²) in [6.07, 6.45) is -0.854. The number of hydrogen-bond donors (Lipinski definition) is 1. The molecule has 4 nitrogen and oxygen atoms in total. The van der Waals surface area contributed by atoms with Crippen molar-refractivity contribution in [3.05, 3.63) is 36.4 Å². The molecule has 0 saturated carbocycles. The van der Waals surface area contributed by atoms with Gasteiger partial charge in [-0.2, -0.15) is 0 Å². The van der Waals surface area contributed by atoms with E-state index >= 15 is 0 Å². The third-order valence-corrected chi connectivity index (χ3v) is 1.78. The molecule has 0 bridgehead atoms. The van der Waals surface area contributed by atoms with E-state index in [-0.39, 0.29) is 5.88 Å². The van der Waals surface area contributed by atoms with E-state index in [0.29, 0.717) is 0 Å². The molecule has 70 valence electrons. The lowest BCUT2D eigenvalue weighted by Crippen LogP contribution is -2.16. The number of amides is 1. The molecule has 0 radical (unpaired) electrons. The van der Waals surface area contributed by atoms with Gasteiger partial charge in [-0.3, -0.25) is 0 Å². The first-order valence-corrected chi connectivity index (χ1v) is 4.09. The lowest BCUT2D eigenvalue weighted by atomic mass is 10.2. The van der Waals surface area contributed by atoms with Crippen LogP contribution in [-0.2, 0) is 0 Å². The van der Waals surface area contributed by atoms with Crippen molar-refractivity contribution in [1.29, 1.82) is 0 Å². The zero-order valence-electron chi connectivity index (χ0n) is 7.31. The average Bonchev–Trinajstić information content (AvgIpc) is 2.17. The van der Waals surface area contributed by atoms with Crippen molar-refractivity contribution < 1.29 is 9.53 Å². The summed E-state index contributed by atoms with van der Waals surface area (Å²) in [5.74, 6) is 0.219. The van der Waals surface area contributed by atoms with E-state index in [1.165, 1.54) is 0 Å². The number of fused-ring (bicyclic) bond motifs is 1. The van der Waals surface area contributed by atoms with Crippen molar-refractivity contribution in [3.8, 4) is 5.88 Å². The second-order valence-electron chi connectivity index (χ2n) is 2.76. The first-order chi connectivity index (χ1) is 6.75. The van der Waals surface area contributed by atoms with Crippen LogP contribution in [-0.4, -0.2) is 11.1 Å². The van der Waals surface area contributed by atoms with Gasteiger partial charge in [0.15, 0.2) is 0 Å². The van der Waals surface area contributed by atoms with Gasteiger partial charge in [0.1, 0.15) is 0 Å². The number of para-hydroxylation sites is 1. The standard InChI is InChI=1S/C10H8N2O2/c11-10(13)14-9-6-5-7-3-1-2-4-8(7)12-9/h1-6H,(H2,11,13). The second kappa shape index (κ2) is 3.33. The molecule has 0 unspecified atom stereocenters. The minimum Gasteiger partial charge on any atom is -0.391 e. The minimum absolute atomic E-state index is 0.219. The van der Waals surface area contributed by atoms with Crippen LogP contribution in [0.4, 0.5) is 4.79 Å². The van der Waals surface area contributed by atoms with Gasteiger partial charge in [-0.05, 0) is 12.1 Å². The number of primary amides is 1. The number of hydrogen-bond acceptors (Lipinski definition) is 3. The van der Waals surface area contributed by atoms with Crippen LogP contribution in [0.5, 0.6) is 5.88 Å². The Morgan fingerprint density at radius 3 is 2.79 bits per heavy atom. The fourth-order valence-electron chi connectivity index (χ4n) is 1.21. The molecule has 1 aromatic carbocycles. The summed E-state index contributed by atoms with van der Waals surface area (Å²) in [5, 5.41) is 0.990. The summed E-state index contributed by atoms with van der Waals surface area (Å²) >= 11 is 0. The maximum Gasteiger partial charge on any atom is 0.411 e. The third kappa shape index (κ3) is 1.64. The van der Waals surface area contributed by atoms with Crippen LogP contribution < -0.4 is 10.5 Å². The van der Waals surface area contributed by atoms with Crippen LogP contribution in [0.3, 0.4) is 0 Å². The topological polar surface area (TPSA) is 65.2 Å². The number of ether oxygens (including phenoxy) is 1. The monoisotopic (exact) mass is 188 g/mol. The van der Waals surface area contributed by atoms with Crippen LogP contribution in [0, 0.1) is 0 Å². The van der Waals surface area contributed by atoms with E-state index in [1.54, 1.807) is 6.07 Å².